The number of ether oxygens (including phenoxy) is 1. The Balaban J connectivity index is 2.74. The van der Waals surface area contributed by atoms with Gasteiger partial charge in [-0.2, -0.15) is 0 Å². The Kier molecular flexibility index (Phi) is 6.32. The highest BCUT2D eigenvalue weighted by Crippen LogP contribution is 2.21. The summed E-state index contributed by atoms with van der Waals surface area (Å²) in [6, 6.07) is 9.32. The van der Waals surface area contributed by atoms with Gasteiger partial charge in [0, 0.05) is 18.6 Å². The second-order valence-electron chi connectivity index (χ2n) is 5.78. The number of hydrogen-bond acceptors (Lipinski definition) is 3. The Labute approximate surface area is 118 Å². The average molecular weight is 264 g/mol. The largest absolute Gasteiger partial charge is 0.491 e. The molecule has 0 saturated carbocycles. The highest BCUT2D eigenvalue weighted by Gasteiger charge is 2.14. The topological polar surface area (TPSA) is 24.5 Å². The predicted molar refractivity (Wildman–Crippen MR) is 81.8 cm³/mol. The van der Waals surface area contributed by atoms with Gasteiger partial charge in [-0.25, -0.2) is 0 Å². The number of nitrogens with one attached hydrogen (secondary N) is 1. The monoisotopic (exact) mass is 264 g/mol. The summed E-state index contributed by atoms with van der Waals surface area (Å²) in [6.07, 6.45) is 0.220. The van der Waals surface area contributed by atoms with E-state index < -0.39 is 0 Å². The Morgan fingerprint density at radius 2 is 1.63 bits per heavy atom. The van der Waals surface area contributed by atoms with Crippen molar-refractivity contribution in [2.45, 2.75) is 45.9 Å². The Morgan fingerprint density at radius 1 is 1.05 bits per heavy atom. The van der Waals surface area contributed by atoms with Gasteiger partial charge in [0.15, 0.2) is 0 Å². The van der Waals surface area contributed by atoms with Crippen LogP contribution in [0.25, 0.3) is 0 Å². The molecule has 1 unspecified atom stereocenters. The van der Waals surface area contributed by atoms with Gasteiger partial charge >= 0.3 is 0 Å². The molecule has 1 atom stereocenters. The first-order valence-corrected chi connectivity index (χ1v) is 7.06. The summed E-state index contributed by atoms with van der Waals surface area (Å²) >= 11 is 0. The van der Waals surface area contributed by atoms with Crippen LogP contribution in [-0.4, -0.2) is 37.7 Å². The number of likely N-dealkylation sites (N-methyl/N-ethyl adjacent to an activating group) is 1. The fourth-order valence-corrected chi connectivity index (χ4v) is 1.99. The molecule has 1 rings (SSSR count). The molecule has 0 aromatic heterocycles. The average Bonchev–Trinajstić information content (AvgIpc) is 2.29. The molecule has 0 spiro atoms. The highest BCUT2D eigenvalue weighted by atomic mass is 16.5. The minimum Gasteiger partial charge on any atom is -0.491 e. The molecule has 0 saturated heterocycles. The maximum atomic E-state index is 5.68. The van der Waals surface area contributed by atoms with E-state index in [0.717, 1.165) is 12.3 Å². The summed E-state index contributed by atoms with van der Waals surface area (Å²) in [6.45, 7) is 9.39. The molecular weight excluding hydrogens is 236 g/mol. The number of hydrogen-bond donors (Lipinski definition) is 1. The summed E-state index contributed by atoms with van der Waals surface area (Å²) in [4.78, 5) is 2.24. The van der Waals surface area contributed by atoms with Gasteiger partial charge in [-0.3, -0.25) is 0 Å². The lowest BCUT2D eigenvalue weighted by Crippen LogP contribution is -2.34. The SMILES string of the molecule is CC(C)NCC(c1ccc(OC(C)C)cc1)N(C)C. The molecule has 3 heteroatoms. The molecule has 0 fully saturated rings. The van der Waals surface area contributed by atoms with E-state index in [9.17, 15) is 0 Å². The molecule has 108 valence electrons. The van der Waals surface area contributed by atoms with E-state index in [1.165, 1.54) is 5.56 Å². The van der Waals surface area contributed by atoms with Crippen molar-refractivity contribution < 1.29 is 4.74 Å². The lowest BCUT2D eigenvalue weighted by atomic mass is 10.1. The zero-order chi connectivity index (χ0) is 14.4. The number of benzene rings is 1. The second-order valence-corrected chi connectivity index (χ2v) is 5.78. The third-order valence-electron chi connectivity index (χ3n) is 2.98. The van der Waals surface area contributed by atoms with Crippen molar-refractivity contribution in [3.8, 4) is 5.75 Å². The summed E-state index contributed by atoms with van der Waals surface area (Å²) in [5, 5.41) is 3.50. The smallest absolute Gasteiger partial charge is 0.119 e. The molecular formula is C16H28N2O. The second kappa shape index (κ2) is 7.51. The van der Waals surface area contributed by atoms with E-state index in [1.807, 2.05) is 13.8 Å². The molecule has 0 aliphatic rings. The maximum absolute atomic E-state index is 5.68. The van der Waals surface area contributed by atoms with Crippen molar-refractivity contribution in [1.82, 2.24) is 10.2 Å². The van der Waals surface area contributed by atoms with Gasteiger partial charge in [0.2, 0.25) is 0 Å². The predicted octanol–water partition coefficient (Wildman–Crippen LogP) is 3.07. The minimum atomic E-state index is 0.220. The van der Waals surface area contributed by atoms with Crippen LogP contribution in [0.5, 0.6) is 5.75 Å². The van der Waals surface area contributed by atoms with E-state index in [0.29, 0.717) is 12.1 Å². The third kappa shape index (κ3) is 5.62. The van der Waals surface area contributed by atoms with E-state index in [-0.39, 0.29) is 6.10 Å². The fraction of sp³-hybridized carbons (Fsp3) is 0.625. The molecule has 3 nitrogen and oxygen atoms in total. The van der Waals surface area contributed by atoms with Gasteiger partial charge in [0.25, 0.3) is 0 Å². The number of rotatable bonds is 7. The van der Waals surface area contributed by atoms with Crippen LogP contribution in [0.1, 0.15) is 39.3 Å². The first-order valence-electron chi connectivity index (χ1n) is 7.06. The van der Waals surface area contributed by atoms with Gasteiger partial charge in [0.05, 0.1) is 6.10 Å². The summed E-state index contributed by atoms with van der Waals surface area (Å²) in [5.41, 5.74) is 1.31. The van der Waals surface area contributed by atoms with E-state index in [2.05, 4.69) is 62.4 Å². The maximum Gasteiger partial charge on any atom is 0.119 e. The molecule has 1 aromatic rings. The van der Waals surface area contributed by atoms with Crippen molar-refractivity contribution in [2.75, 3.05) is 20.6 Å². The highest BCUT2D eigenvalue weighted by molar-refractivity contribution is 5.29. The molecule has 0 amide bonds. The third-order valence-corrected chi connectivity index (χ3v) is 2.98. The fourth-order valence-electron chi connectivity index (χ4n) is 1.99. The molecule has 0 heterocycles. The van der Waals surface area contributed by atoms with Gasteiger partial charge in [0.1, 0.15) is 5.75 Å². The lowest BCUT2D eigenvalue weighted by molar-refractivity contribution is 0.242. The van der Waals surface area contributed by atoms with Crippen LogP contribution < -0.4 is 10.1 Å². The van der Waals surface area contributed by atoms with Gasteiger partial charge in [-0.1, -0.05) is 26.0 Å². The van der Waals surface area contributed by atoms with Crippen LogP contribution >= 0.6 is 0 Å². The minimum absolute atomic E-state index is 0.220. The van der Waals surface area contributed by atoms with Crippen molar-refractivity contribution in [1.29, 1.82) is 0 Å². The zero-order valence-corrected chi connectivity index (χ0v) is 13.1. The van der Waals surface area contributed by atoms with Crippen molar-refractivity contribution in [3.63, 3.8) is 0 Å². The Bertz CT molecular complexity index is 358. The van der Waals surface area contributed by atoms with Crippen LogP contribution in [0.4, 0.5) is 0 Å². The summed E-state index contributed by atoms with van der Waals surface area (Å²) < 4.78 is 5.68. The molecule has 0 bridgehead atoms. The van der Waals surface area contributed by atoms with Crippen molar-refractivity contribution >= 4 is 0 Å². The first kappa shape index (κ1) is 16.0. The van der Waals surface area contributed by atoms with Crippen molar-refractivity contribution in [2.24, 2.45) is 0 Å². The summed E-state index contributed by atoms with van der Waals surface area (Å²) in [7, 11) is 4.23. The van der Waals surface area contributed by atoms with Crippen LogP contribution in [0.2, 0.25) is 0 Å². The Hall–Kier alpha value is -1.06. The van der Waals surface area contributed by atoms with E-state index >= 15 is 0 Å². The van der Waals surface area contributed by atoms with E-state index in [1.54, 1.807) is 0 Å². The van der Waals surface area contributed by atoms with Gasteiger partial charge in [-0.15, -0.1) is 0 Å². The zero-order valence-electron chi connectivity index (χ0n) is 13.1. The quantitative estimate of drug-likeness (QED) is 0.819. The molecule has 19 heavy (non-hydrogen) atoms. The molecule has 0 aliphatic carbocycles. The van der Waals surface area contributed by atoms with Gasteiger partial charge in [-0.05, 0) is 45.6 Å². The molecule has 0 radical (unpaired) electrons. The molecule has 0 aliphatic heterocycles. The van der Waals surface area contributed by atoms with Crippen molar-refractivity contribution in [3.05, 3.63) is 29.8 Å². The van der Waals surface area contributed by atoms with Crippen LogP contribution in [0.3, 0.4) is 0 Å². The van der Waals surface area contributed by atoms with Crippen LogP contribution in [0.15, 0.2) is 24.3 Å². The number of nitrogens with zero attached hydrogens (tertiary/aromatic N) is 1. The summed E-state index contributed by atoms with van der Waals surface area (Å²) in [5.74, 6) is 0.938. The Morgan fingerprint density at radius 3 is 2.05 bits per heavy atom. The molecule has 1 N–H and O–H groups in total. The van der Waals surface area contributed by atoms with Gasteiger partial charge < -0.3 is 15.0 Å². The normalized spacial score (nSPS) is 13.3. The first-order chi connectivity index (χ1) is 8.90. The van der Waals surface area contributed by atoms with E-state index in [4.69, 9.17) is 4.74 Å². The lowest BCUT2D eigenvalue weighted by Gasteiger charge is -2.26. The van der Waals surface area contributed by atoms with Crippen LogP contribution in [-0.2, 0) is 0 Å². The van der Waals surface area contributed by atoms with Crippen LogP contribution in [0, 0.1) is 0 Å². The molecule has 1 aromatic carbocycles. The standard InChI is InChI=1S/C16H28N2O/c1-12(2)17-11-16(18(5)6)14-7-9-15(10-8-14)19-13(3)4/h7-10,12-13,16-17H,11H2,1-6H3.